The summed E-state index contributed by atoms with van der Waals surface area (Å²) < 4.78 is 0. The summed E-state index contributed by atoms with van der Waals surface area (Å²) in [5.74, 6) is 0.174. The standard InChI is InChI=1S/C19H28ClN3O2S/c1-14(26-16-7-5-15(20)6-8-16)18(25)23-11-9-22(10-12-23)13-17(24)21-19(2,3)4/h5-8,14H,9-13H2,1-4H3,(H,21,24). The third-order valence-electron chi connectivity index (χ3n) is 4.04. The van der Waals surface area contributed by atoms with Crippen molar-refractivity contribution in [1.82, 2.24) is 15.1 Å². The number of rotatable bonds is 5. The van der Waals surface area contributed by atoms with Crippen molar-refractivity contribution in [3.63, 3.8) is 0 Å². The highest BCUT2D eigenvalue weighted by Crippen LogP contribution is 2.26. The Morgan fingerprint density at radius 3 is 2.27 bits per heavy atom. The number of nitrogens with one attached hydrogen (secondary N) is 1. The van der Waals surface area contributed by atoms with Gasteiger partial charge >= 0.3 is 0 Å². The molecule has 0 aromatic heterocycles. The molecular weight excluding hydrogens is 370 g/mol. The second-order valence-corrected chi connectivity index (χ2v) is 9.46. The van der Waals surface area contributed by atoms with Crippen LogP contribution in [0.5, 0.6) is 0 Å². The molecule has 1 aliphatic rings. The Balaban J connectivity index is 1.78. The topological polar surface area (TPSA) is 52.7 Å². The monoisotopic (exact) mass is 397 g/mol. The number of carbonyl (C=O) groups excluding carboxylic acids is 2. The Morgan fingerprint density at radius 1 is 1.15 bits per heavy atom. The second-order valence-electron chi connectivity index (χ2n) is 7.61. The fourth-order valence-corrected chi connectivity index (χ4v) is 3.89. The number of benzene rings is 1. The molecule has 26 heavy (non-hydrogen) atoms. The number of thioether (sulfide) groups is 1. The maximum Gasteiger partial charge on any atom is 0.235 e. The van der Waals surface area contributed by atoms with Crippen molar-refractivity contribution < 1.29 is 9.59 Å². The average molecular weight is 398 g/mol. The predicted molar refractivity (Wildman–Crippen MR) is 108 cm³/mol. The zero-order valence-corrected chi connectivity index (χ0v) is 17.5. The van der Waals surface area contributed by atoms with E-state index in [0.29, 0.717) is 24.7 Å². The van der Waals surface area contributed by atoms with E-state index < -0.39 is 0 Å². The minimum Gasteiger partial charge on any atom is -0.350 e. The van der Waals surface area contributed by atoms with Gasteiger partial charge in [-0.1, -0.05) is 11.6 Å². The lowest BCUT2D eigenvalue weighted by Gasteiger charge is -2.36. The Bertz CT molecular complexity index is 623. The average Bonchev–Trinajstić information content (AvgIpc) is 2.55. The molecule has 1 atom stereocenters. The van der Waals surface area contributed by atoms with Gasteiger partial charge < -0.3 is 10.2 Å². The number of hydrogen-bond acceptors (Lipinski definition) is 4. The molecule has 1 unspecified atom stereocenters. The summed E-state index contributed by atoms with van der Waals surface area (Å²) in [6.45, 7) is 11.0. The third-order valence-corrected chi connectivity index (χ3v) is 5.39. The van der Waals surface area contributed by atoms with Gasteiger partial charge in [0.1, 0.15) is 0 Å². The molecule has 1 fully saturated rings. The van der Waals surface area contributed by atoms with Crippen molar-refractivity contribution in [3.8, 4) is 0 Å². The molecule has 1 N–H and O–H groups in total. The summed E-state index contributed by atoms with van der Waals surface area (Å²) in [6, 6.07) is 7.54. The quantitative estimate of drug-likeness (QED) is 0.776. The fraction of sp³-hybridized carbons (Fsp3) is 0.579. The van der Waals surface area contributed by atoms with E-state index in [1.165, 1.54) is 0 Å². The molecule has 0 saturated carbocycles. The summed E-state index contributed by atoms with van der Waals surface area (Å²) in [5.41, 5.74) is -0.219. The van der Waals surface area contributed by atoms with Crippen LogP contribution in [0.4, 0.5) is 0 Å². The molecule has 0 aliphatic carbocycles. The number of halogens is 1. The van der Waals surface area contributed by atoms with E-state index in [1.54, 1.807) is 11.8 Å². The van der Waals surface area contributed by atoms with Gasteiger partial charge in [-0.3, -0.25) is 14.5 Å². The summed E-state index contributed by atoms with van der Waals surface area (Å²) in [7, 11) is 0. The maximum atomic E-state index is 12.7. The minimum atomic E-state index is -0.219. The second kappa shape index (κ2) is 9.11. The van der Waals surface area contributed by atoms with Crippen molar-refractivity contribution in [2.24, 2.45) is 0 Å². The molecule has 1 saturated heterocycles. The predicted octanol–water partition coefficient (Wildman–Crippen LogP) is 2.88. The molecule has 144 valence electrons. The van der Waals surface area contributed by atoms with Gasteiger partial charge in [-0.25, -0.2) is 0 Å². The first-order valence-corrected chi connectivity index (χ1v) is 10.1. The van der Waals surface area contributed by atoms with Crippen molar-refractivity contribution in [3.05, 3.63) is 29.3 Å². The highest BCUT2D eigenvalue weighted by atomic mass is 35.5. The Labute approximate surface area is 165 Å². The van der Waals surface area contributed by atoms with Crippen LogP contribution in [0.3, 0.4) is 0 Å². The van der Waals surface area contributed by atoms with Crippen LogP contribution in [0, 0.1) is 0 Å². The SMILES string of the molecule is CC(Sc1ccc(Cl)cc1)C(=O)N1CCN(CC(=O)NC(C)(C)C)CC1. The van der Waals surface area contributed by atoms with Gasteiger partial charge in [0, 0.05) is 41.6 Å². The van der Waals surface area contributed by atoms with Gasteiger partial charge in [0.05, 0.1) is 11.8 Å². The first kappa shape index (κ1) is 21.1. The van der Waals surface area contributed by atoms with Gasteiger partial charge in [-0.15, -0.1) is 11.8 Å². The van der Waals surface area contributed by atoms with Crippen LogP contribution in [0.15, 0.2) is 29.2 Å². The molecule has 1 aromatic carbocycles. The smallest absolute Gasteiger partial charge is 0.235 e. The molecule has 7 heteroatoms. The summed E-state index contributed by atoms with van der Waals surface area (Å²) in [5, 5.41) is 3.52. The molecule has 2 amide bonds. The molecule has 1 aliphatic heterocycles. The van der Waals surface area contributed by atoms with Gasteiger partial charge in [0.25, 0.3) is 0 Å². The van der Waals surface area contributed by atoms with Crippen LogP contribution in [0.1, 0.15) is 27.7 Å². The number of carbonyl (C=O) groups is 2. The van der Waals surface area contributed by atoms with Crippen molar-refractivity contribution in [2.45, 2.75) is 43.4 Å². The molecule has 0 spiro atoms. The lowest BCUT2D eigenvalue weighted by molar-refractivity contribution is -0.132. The lowest BCUT2D eigenvalue weighted by atomic mass is 10.1. The van der Waals surface area contributed by atoms with E-state index in [4.69, 9.17) is 11.6 Å². The summed E-state index contributed by atoms with van der Waals surface area (Å²) in [6.07, 6.45) is 0. The summed E-state index contributed by atoms with van der Waals surface area (Å²) >= 11 is 7.44. The Morgan fingerprint density at radius 2 is 1.73 bits per heavy atom. The van der Waals surface area contributed by atoms with Crippen molar-refractivity contribution >= 4 is 35.2 Å². The molecular formula is C19H28ClN3O2S. The number of hydrogen-bond donors (Lipinski definition) is 1. The fourth-order valence-electron chi connectivity index (χ4n) is 2.81. The van der Waals surface area contributed by atoms with Crippen LogP contribution in [-0.2, 0) is 9.59 Å². The van der Waals surface area contributed by atoms with Gasteiger partial charge in [0.2, 0.25) is 11.8 Å². The molecule has 0 radical (unpaired) electrons. The molecule has 1 heterocycles. The molecule has 5 nitrogen and oxygen atoms in total. The first-order chi connectivity index (χ1) is 12.1. The van der Waals surface area contributed by atoms with Crippen LogP contribution in [-0.4, -0.2) is 65.1 Å². The van der Waals surface area contributed by atoms with Crippen molar-refractivity contribution in [2.75, 3.05) is 32.7 Å². The zero-order valence-electron chi connectivity index (χ0n) is 15.9. The molecule has 2 rings (SSSR count). The summed E-state index contributed by atoms with van der Waals surface area (Å²) in [4.78, 5) is 29.7. The van der Waals surface area contributed by atoms with Crippen LogP contribution < -0.4 is 5.32 Å². The first-order valence-electron chi connectivity index (χ1n) is 8.88. The largest absolute Gasteiger partial charge is 0.350 e. The normalized spacial score (nSPS) is 17.0. The zero-order chi connectivity index (χ0) is 19.3. The number of piperazine rings is 1. The van der Waals surface area contributed by atoms with E-state index in [-0.39, 0.29) is 22.6 Å². The van der Waals surface area contributed by atoms with Gasteiger partial charge in [0.15, 0.2) is 0 Å². The van der Waals surface area contributed by atoms with Crippen LogP contribution >= 0.6 is 23.4 Å². The van der Waals surface area contributed by atoms with Crippen molar-refractivity contribution in [1.29, 1.82) is 0 Å². The molecule has 0 bridgehead atoms. The van der Waals surface area contributed by atoms with E-state index in [1.807, 2.05) is 56.9 Å². The highest BCUT2D eigenvalue weighted by molar-refractivity contribution is 8.00. The lowest BCUT2D eigenvalue weighted by Crippen LogP contribution is -2.53. The van der Waals surface area contributed by atoms with E-state index in [2.05, 4.69) is 10.2 Å². The van der Waals surface area contributed by atoms with E-state index in [9.17, 15) is 9.59 Å². The van der Waals surface area contributed by atoms with E-state index in [0.717, 1.165) is 18.0 Å². The highest BCUT2D eigenvalue weighted by Gasteiger charge is 2.26. The van der Waals surface area contributed by atoms with E-state index >= 15 is 0 Å². The Kier molecular flexibility index (Phi) is 7.38. The Hall–Kier alpha value is -1.24. The van der Waals surface area contributed by atoms with Crippen LogP contribution in [0.2, 0.25) is 5.02 Å². The number of amides is 2. The van der Waals surface area contributed by atoms with Crippen LogP contribution in [0.25, 0.3) is 0 Å². The maximum absolute atomic E-state index is 12.7. The molecule has 1 aromatic rings. The van der Waals surface area contributed by atoms with Gasteiger partial charge in [-0.2, -0.15) is 0 Å². The van der Waals surface area contributed by atoms with Gasteiger partial charge in [-0.05, 0) is 52.0 Å². The third kappa shape index (κ3) is 6.82. The number of nitrogens with zero attached hydrogens (tertiary/aromatic N) is 2. The minimum absolute atomic E-state index is 0.0314.